The van der Waals surface area contributed by atoms with Gasteiger partial charge in [0.25, 0.3) is 0 Å². The van der Waals surface area contributed by atoms with Gasteiger partial charge in [0.2, 0.25) is 0 Å². The molecule has 0 atom stereocenters. The van der Waals surface area contributed by atoms with Gasteiger partial charge in [0, 0.05) is 131 Å². The summed E-state index contributed by atoms with van der Waals surface area (Å²) >= 11 is 0. The van der Waals surface area contributed by atoms with Gasteiger partial charge in [0.05, 0.1) is 136 Å². The van der Waals surface area contributed by atoms with Crippen molar-refractivity contribution in [1.29, 1.82) is 0 Å². The standard InChI is InChI=1S/C48H30N4.2C42H26N4/c1-3-11-31(12-4-1)32-19-23-36(24-20-32)51-43-26-22-33(27-40(43)48-38-16-8-10-18-42(38)50-30-46(48)51)34-21-25-39-44(28-34)52(35-13-5-2-6-14-35)45-29-49-41-17-9-7-15-37(41)47(39)45;2*1-3-11-29(12-4-1)45-37-22-20-27(23-34(37)42-32-16-8-10-18-36(32)44-26-40(42)45)28-19-21-33-38(24-28)46(30-13-5-2-6-14-30)39-25-43-35-17-9-7-15-31(35)41(33)39/h1-30H;2*1-26H. The largest absolute Gasteiger partial charge is 0.308 e. The highest BCUT2D eigenvalue weighted by Gasteiger charge is 2.26. The number of benzene rings is 19. The Morgan fingerprint density at radius 3 is 0.542 bits per heavy atom. The second kappa shape index (κ2) is 33.1. The van der Waals surface area contributed by atoms with Gasteiger partial charge in [-0.1, -0.05) is 297 Å². The molecule has 0 saturated heterocycles. The summed E-state index contributed by atoms with van der Waals surface area (Å²) in [5.41, 5.74) is 35.8. The lowest BCUT2D eigenvalue weighted by atomic mass is 10.00. The Labute approximate surface area is 824 Å². The molecular weight excluding hydrogens is 1750 g/mol. The van der Waals surface area contributed by atoms with E-state index in [1.54, 1.807) is 0 Å². The second-order valence-corrected chi connectivity index (χ2v) is 37.2. The first kappa shape index (κ1) is 81.6. The maximum absolute atomic E-state index is 4.92. The number of nitrogens with zero attached hydrogens (tertiary/aromatic N) is 12. The Bertz CT molecular complexity index is 10300. The van der Waals surface area contributed by atoms with E-state index in [-0.39, 0.29) is 0 Å². The Balaban J connectivity index is 0.000000103. The molecule has 0 N–H and O–H groups in total. The summed E-state index contributed by atoms with van der Waals surface area (Å²) in [6.45, 7) is 0. The van der Waals surface area contributed by atoms with Crippen LogP contribution in [0.2, 0.25) is 0 Å². The molecule has 12 nitrogen and oxygen atoms in total. The predicted molar refractivity (Wildman–Crippen MR) is 599 cm³/mol. The molecule has 12 heterocycles. The van der Waals surface area contributed by atoms with Gasteiger partial charge >= 0.3 is 0 Å². The minimum atomic E-state index is 0.994. The topological polar surface area (TPSA) is 107 Å². The SMILES string of the molecule is c1ccc(-c2ccc(-n3c4ccc(-c5ccc6c7c8ccccc8ncc7n(-c7ccccc7)c6c5)cc4c4c5ccccc5ncc43)cc2)cc1.c1ccc(-n2c3ccc(-c4ccc5c6c7ccccc7ncc6n(-c6ccccc6)c5c4)cc3c3c4ccccc4ncc32)cc1.c1ccc(-n2c3ccc(-c4ccc5c6c7ccccc7ncc6n(-c6ccccc6)c5c4)cc3c3c4ccccc4ncc32)cc1. The first-order valence-electron chi connectivity index (χ1n) is 48.8. The van der Waals surface area contributed by atoms with Gasteiger partial charge in [-0.15, -0.1) is 0 Å². The number of hydrogen-bond acceptors (Lipinski definition) is 6. The van der Waals surface area contributed by atoms with Gasteiger partial charge in [-0.3, -0.25) is 29.9 Å². The Morgan fingerprint density at radius 1 is 0.111 bits per heavy atom. The second-order valence-electron chi connectivity index (χ2n) is 37.2. The number of rotatable bonds is 10. The van der Waals surface area contributed by atoms with Crippen molar-refractivity contribution in [3.05, 3.63) is 498 Å². The van der Waals surface area contributed by atoms with E-state index in [9.17, 15) is 0 Å². The van der Waals surface area contributed by atoms with Crippen LogP contribution in [0.3, 0.4) is 0 Å². The molecule has 0 fully saturated rings. The number of fused-ring (bicyclic) bond motifs is 30. The van der Waals surface area contributed by atoms with Crippen LogP contribution in [0.1, 0.15) is 0 Å². The van der Waals surface area contributed by atoms with Crippen LogP contribution >= 0.6 is 0 Å². The minimum absolute atomic E-state index is 0.994. The number of hydrogen-bond donors (Lipinski definition) is 0. The molecule has 0 bridgehead atoms. The van der Waals surface area contributed by atoms with Crippen LogP contribution in [0.5, 0.6) is 0 Å². The molecule has 31 rings (SSSR count). The normalized spacial score (nSPS) is 11.9. The molecule has 12 aromatic heterocycles. The summed E-state index contributed by atoms with van der Waals surface area (Å²) in [5, 5.41) is 21.6. The van der Waals surface area contributed by atoms with E-state index in [2.05, 4.69) is 488 Å². The van der Waals surface area contributed by atoms with Crippen molar-refractivity contribution in [2.24, 2.45) is 0 Å². The fourth-order valence-corrected chi connectivity index (χ4v) is 22.9. The number of aromatic nitrogens is 12. The molecule has 31 aromatic rings. The average molecular weight is 1840 g/mol. The quantitative estimate of drug-likeness (QED) is 0.135. The van der Waals surface area contributed by atoms with Crippen molar-refractivity contribution in [3.63, 3.8) is 0 Å². The van der Waals surface area contributed by atoms with Crippen molar-refractivity contribution in [2.45, 2.75) is 0 Å². The van der Waals surface area contributed by atoms with E-state index >= 15 is 0 Å². The summed E-state index contributed by atoms with van der Waals surface area (Å²) in [4.78, 5) is 29.2. The summed E-state index contributed by atoms with van der Waals surface area (Å²) in [7, 11) is 0. The van der Waals surface area contributed by atoms with E-state index in [0.29, 0.717) is 0 Å². The Morgan fingerprint density at radius 2 is 0.292 bits per heavy atom. The summed E-state index contributed by atoms with van der Waals surface area (Å²) < 4.78 is 14.1. The minimum Gasteiger partial charge on any atom is -0.308 e. The van der Waals surface area contributed by atoms with Crippen LogP contribution in [0.4, 0.5) is 0 Å². The zero-order valence-corrected chi connectivity index (χ0v) is 77.7. The fraction of sp³-hybridized carbons (Fsp3) is 0. The van der Waals surface area contributed by atoms with E-state index in [4.69, 9.17) is 29.9 Å². The molecule has 0 amide bonds. The predicted octanol–water partition coefficient (Wildman–Crippen LogP) is 33.6. The molecule has 0 unspecified atom stereocenters. The van der Waals surface area contributed by atoms with Crippen LogP contribution in [-0.2, 0) is 0 Å². The van der Waals surface area contributed by atoms with Crippen LogP contribution in [0, 0.1) is 0 Å². The Hall–Kier alpha value is -19.6. The molecule has 0 aliphatic heterocycles. The lowest BCUT2D eigenvalue weighted by molar-refractivity contribution is 1.17. The smallest absolute Gasteiger partial charge is 0.0730 e. The first-order valence-corrected chi connectivity index (χ1v) is 48.8. The lowest BCUT2D eigenvalue weighted by Gasteiger charge is -2.10. The summed E-state index contributed by atoms with van der Waals surface area (Å²) in [6, 6.07) is 164. The van der Waals surface area contributed by atoms with Gasteiger partial charge in [0.1, 0.15) is 0 Å². The van der Waals surface area contributed by atoms with Crippen LogP contribution in [0.15, 0.2) is 498 Å². The molecule has 0 aliphatic rings. The third kappa shape index (κ3) is 13.0. The van der Waals surface area contributed by atoms with E-state index in [1.165, 1.54) is 142 Å². The average Bonchev–Trinajstić information content (AvgIpc) is 1.58. The molecule has 0 radical (unpaired) electrons. The summed E-state index contributed by atoms with van der Waals surface area (Å²) in [6.07, 6.45) is 12.1. The fourth-order valence-electron chi connectivity index (χ4n) is 22.9. The van der Waals surface area contributed by atoms with Gasteiger partial charge < -0.3 is 27.4 Å². The molecule has 19 aromatic carbocycles. The highest BCUT2D eigenvalue weighted by molar-refractivity contribution is 6.27. The number of para-hydroxylation sites is 11. The van der Waals surface area contributed by atoms with Gasteiger partial charge in [0.15, 0.2) is 0 Å². The van der Waals surface area contributed by atoms with E-state index < -0.39 is 0 Å². The zero-order chi connectivity index (χ0) is 94.6. The monoisotopic (exact) mass is 1830 g/mol. The van der Waals surface area contributed by atoms with Crippen molar-refractivity contribution in [3.8, 4) is 78.6 Å². The van der Waals surface area contributed by atoms with Gasteiger partial charge in [-0.05, 0) is 208 Å². The van der Waals surface area contributed by atoms with Crippen molar-refractivity contribution >= 4 is 196 Å². The van der Waals surface area contributed by atoms with Gasteiger partial charge in [-0.2, -0.15) is 0 Å². The molecule has 12 heteroatoms. The third-order valence-electron chi connectivity index (χ3n) is 29.3. The number of pyridine rings is 6. The van der Waals surface area contributed by atoms with Crippen LogP contribution < -0.4 is 0 Å². The maximum atomic E-state index is 4.92. The van der Waals surface area contributed by atoms with Crippen molar-refractivity contribution in [1.82, 2.24) is 57.3 Å². The van der Waals surface area contributed by atoms with Crippen LogP contribution in [0.25, 0.3) is 275 Å². The first-order chi connectivity index (χ1) is 71.5. The molecule has 0 spiro atoms. The molecule has 0 saturated carbocycles. The van der Waals surface area contributed by atoms with Crippen molar-refractivity contribution in [2.75, 3.05) is 0 Å². The Kier molecular flexibility index (Phi) is 18.8. The van der Waals surface area contributed by atoms with Gasteiger partial charge in [-0.25, -0.2) is 0 Å². The highest BCUT2D eigenvalue weighted by Crippen LogP contribution is 2.48. The van der Waals surface area contributed by atoms with Crippen LogP contribution in [-0.4, -0.2) is 57.3 Å². The molecule has 144 heavy (non-hydrogen) atoms. The molecule has 0 aliphatic carbocycles. The molecular formula is C132H82N12. The maximum Gasteiger partial charge on any atom is 0.0730 e. The third-order valence-corrected chi connectivity index (χ3v) is 29.3. The van der Waals surface area contributed by atoms with E-state index in [1.807, 2.05) is 37.2 Å². The highest BCUT2D eigenvalue weighted by atomic mass is 15.0. The van der Waals surface area contributed by atoms with Crippen molar-refractivity contribution < 1.29 is 0 Å². The lowest BCUT2D eigenvalue weighted by Crippen LogP contribution is -1.94. The van der Waals surface area contributed by atoms with E-state index in [0.717, 1.165) is 133 Å². The zero-order valence-electron chi connectivity index (χ0n) is 77.7. The summed E-state index contributed by atoms with van der Waals surface area (Å²) in [5.74, 6) is 0. The molecule has 670 valence electrons.